The molecule has 0 unspecified atom stereocenters. The molecule has 0 saturated heterocycles. The number of phenolic OH excluding ortho intramolecular Hbond substituents is 1. The zero-order chi connectivity index (χ0) is 17.7. The standard InChI is InChI=1S/C15H14N2O6S/c1-23-15(20)10-5-4-6-11(9-10)24(21,22)17-16-14(19)12-7-2-3-8-13(12)18/h2-9,17-18H,1H3,(H,16,19). The maximum absolute atomic E-state index is 12.2. The fourth-order valence-corrected chi connectivity index (χ4v) is 2.70. The van der Waals surface area contributed by atoms with Crippen molar-refractivity contribution in [3.63, 3.8) is 0 Å². The van der Waals surface area contributed by atoms with Gasteiger partial charge in [-0.1, -0.05) is 18.2 Å². The average Bonchev–Trinajstić information content (AvgIpc) is 2.59. The normalized spacial score (nSPS) is 10.9. The van der Waals surface area contributed by atoms with Crippen molar-refractivity contribution in [1.29, 1.82) is 0 Å². The maximum atomic E-state index is 12.2. The Hall–Kier alpha value is -2.91. The van der Waals surface area contributed by atoms with Crippen LogP contribution in [0.3, 0.4) is 0 Å². The van der Waals surface area contributed by atoms with Gasteiger partial charge in [0.1, 0.15) is 5.75 Å². The molecule has 24 heavy (non-hydrogen) atoms. The van der Waals surface area contributed by atoms with Crippen molar-refractivity contribution in [2.24, 2.45) is 0 Å². The first kappa shape index (κ1) is 17.4. The van der Waals surface area contributed by atoms with Gasteiger partial charge in [-0.05, 0) is 30.3 Å². The summed E-state index contributed by atoms with van der Waals surface area (Å²) in [6.07, 6.45) is 0. The monoisotopic (exact) mass is 350 g/mol. The molecule has 0 heterocycles. The number of benzene rings is 2. The Morgan fingerprint density at radius 3 is 2.46 bits per heavy atom. The summed E-state index contributed by atoms with van der Waals surface area (Å²) in [6, 6.07) is 10.8. The van der Waals surface area contributed by atoms with E-state index in [0.717, 1.165) is 6.07 Å². The fourth-order valence-electron chi connectivity index (χ4n) is 1.81. The number of methoxy groups -OCH3 is 1. The zero-order valence-corrected chi connectivity index (χ0v) is 13.3. The number of carbonyl (C=O) groups excluding carboxylic acids is 2. The molecular formula is C15H14N2O6S. The van der Waals surface area contributed by atoms with Gasteiger partial charge < -0.3 is 9.84 Å². The van der Waals surface area contributed by atoms with Crippen LogP contribution in [0.25, 0.3) is 0 Å². The van der Waals surface area contributed by atoms with E-state index < -0.39 is 21.9 Å². The molecule has 2 aromatic rings. The van der Waals surface area contributed by atoms with Crippen LogP contribution in [0.5, 0.6) is 5.75 Å². The Bertz CT molecular complexity index is 879. The lowest BCUT2D eigenvalue weighted by Crippen LogP contribution is -2.41. The van der Waals surface area contributed by atoms with Crippen LogP contribution >= 0.6 is 0 Å². The van der Waals surface area contributed by atoms with Gasteiger partial charge in [-0.15, -0.1) is 4.83 Å². The average molecular weight is 350 g/mol. The topological polar surface area (TPSA) is 122 Å². The number of para-hydroxylation sites is 1. The van der Waals surface area contributed by atoms with Crippen molar-refractivity contribution < 1.29 is 27.9 Å². The number of sulfonamides is 1. The lowest BCUT2D eigenvalue weighted by molar-refractivity contribution is 0.0600. The number of hydrogen-bond acceptors (Lipinski definition) is 6. The molecule has 0 radical (unpaired) electrons. The van der Waals surface area contributed by atoms with Crippen LogP contribution < -0.4 is 10.3 Å². The molecule has 0 aliphatic carbocycles. The Morgan fingerprint density at radius 1 is 1.08 bits per heavy atom. The SMILES string of the molecule is COC(=O)c1cccc(S(=O)(=O)NNC(=O)c2ccccc2O)c1. The molecule has 0 aliphatic rings. The minimum atomic E-state index is -4.11. The number of ether oxygens (including phenoxy) is 1. The van der Waals surface area contributed by atoms with E-state index in [2.05, 4.69) is 4.74 Å². The van der Waals surface area contributed by atoms with Gasteiger partial charge in [0, 0.05) is 0 Å². The second-order valence-corrected chi connectivity index (χ2v) is 6.28. The predicted molar refractivity (Wildman–Crippen MR) is 83.7 cm³/mol. The molecule has 0 spiro atoms. The number of nitrogens with one attached hydrogen (secondary N) is 2. The van der Waals surface area contributed by atoms with Crippen LogP contribution in [-0.2, 0) is 14.8 Å². The quantitative estimate of drug-likeness (QED) is 0.542. The van der Waals surface area contributed by atoms with Gasteiger partial charge in [0.25, 0.3) is 15.9 Å². The summed E-state index contributed by atoms with van der Waals surface area (Å²) >= 11 is 0. The molecule has 8 nitrogen and oxygen atoms in total. The molecular weight excluding hydrogens is 336 g/mol. The van der Waals surface area contributed by atoms with Crippen LogP contribution in [0, 0.1) is 0 Å². The maximum Gasteiger partial charge on any atom is 0.337 e. The molecule has 0 aromatic heterocycles. The summed E-state index contributed by atoms with van der Waals surface area (Å²) in [7, 11) is -2.94. The van der Waals surface area contributed by atoms with Crippen LogP contribution in [0.2, 0.25) is 0 Å². The molecule has 3 N–H and O–H groups in total. The highest BCUT2D eigenvalue weighted by Gasteiger charge is 2.18. The third-order valence-corrected chi connectivity index (χ3v) is 4.26. The number of hydrazine groups is 1. The van der Waals surface area contributed by atoms with Crippen LogP contribution in [0.1, 0.15) is 20.7 Å². The first-order valence-corrected chi connectivity index (χ1v) is 8.12. The van der Waals surface area contributed by atoms with E-state index in [4.69, 9.17) is 0 Å². The highest BCUT2D eigenvalue weighted by Crippen LogP contribution is 2.15. The molecule has 0 aliphatic heterocycles. The van der Waals surface area contributed by atoms with E-state index in [1.54, 1.807) is 0 Å². The highest BCUT2D eigenvalue weighted by atomic mass is 32.2. The Kier molecular flexibility index (Phi) is 5.17. The third kappa shape index (κ3) is 3.89. The smallest absolute Gasteiger partial charge is 0.337 e. The van der Waals surface area contributed by atoms with E-state index >= 15 is 0 Å². The lowest BCUT2D eigenvalue weighted by Gasteiger charge is -2.10. The highest BCUT2D eigenvalue weighted by molar-refractivity contribution is 7.89. The summed E-state index contributed by atoms with van der Waals surface area (Å²) in [5.41, 5.74) is 1.94. The molecule has 2 aromatic carbocycles. The van der Waals surface area contributed by atoms with Crippen molar-refractivity contribution in [2.45, 2.75) is 4.90 Å². The van der Waals surface area contributed by atoms with E-state index in [0.29, 0.717) is 0 Å². The minimum Gasteiger partial charge on any atom is -0.507 e. The molecule has 0 bridgehead atoms. The van der Waals surface area contributed by atoms with Crippen molar-refractivity contribution in [3.05, 3.63) is 59.7 Å². The predicted octanol–water partition coefficient (Wildman–Crippen LogP) is 0.802. The van der Waals surface area contributed by atoms with E-state index in [-0.39, 0.29) is 21.8 Å². The second-order valence-electron chi connectivity index (χ2n) is 4.60. The molecule has 126 valence electrons. The number of phenols is 1. The fraction of sp³-hybridized carbons (Fsp3) is 0.0667. The Labute approximate surface area is 138 Å². The van der Waals surface area contributed by atoms with Gasteiger partial charge in [0.2, 0.25) is 0 Å². The second kappa shape index (κ2) is 7.11. The van der Waals surface area contributed by atoms with E-state index in [1.807, 2.05) is 10.3 Å². The number of rotatable bonds is 5. The molecule has 9 heteroatoms. The van der Waals surface area contributed by atoms with Gasteiger partial charge in [0.15, 0.2) is 0 Å². The van der Waals surface area contributed by atoms with Crippen molar-refractivity contribution >= 4 is 21.9 Å². The summed E-state index contributed by atoms with van der Waals surface area (Å²) in [6.45, 7) is 0. The number of aromatic hydroxyl groups is 1. The van der Waals surface area contributed by atoms with Gasteiger partial charge in [-0.3, -0.25) is 10.2 Å². The van der Waals surface area contributed by atoms with Gasteiger partial charge in [0.05, 0.1) is 23.1 Å². The van der Waals surface area contributed by atoms with Crippen LogP contribution in [-0.4, -0.2) is 32.5 Å². The summed E-state index contributed by atoms with van der Waals surface area (Å²) in [4.78, 5) is 25.0. The van der Waals surface area contributed by atoms with Crippen molar-refractivity contribution in [3.8, 4) is 5.75 Å². The van der Waals surface area contributed by atoms with Gasteiger partial charge >= 0.3 is 5.97 Å². The largest absolute Gasteiger partial charge is 0.507 e. The van der Waals surface area contributed by atoms with E-state index in [1.165, 1.54) is 49.6 Å². The van der Waals surface area contributed by atoms with Crippen molar-refractivity contribution in [1.82, 2.24) is 10.3 Å². The van der Waals surface area contributed by atoms with Crippen LogP contribution in [0.15, 0.2) is 53.4 Å². The number of carbonyl (C=O) groups is 2. The molecule has 1 amide bonds. The van der Waals surface area contributed by atoms with Crippen LogP contribution in [0.4, 0.5) is 0 Å². The minimum absolute atomic E-state index is 0.0485. The van der Waals surface area contributed by atoms with Crippen molar-refractivity contribution in [2.75, 3.05) is 7.11 Å². The number of hydrogen-bond donors (Lipinski definition) is 3. The Balaban J connectivity index is 2.16. The summed E-state index contributed by atoms with van der Waals surface area (Å²) < 4.78 is 28.9. The molecule has 2 rings (SSSR count). The van der Waals surface area contributed by atoms with E-state index in [9.17, 15) is 23.1 Å². The summed E-state index contributed by atoms with van der Waals surface area (Å²) in [5.74, 6) is -1.81. The Morgan fingerprint density at radius 2 is 1.79 bits per heavy atom. The zero-order valence-electron chi connectivity index (χ0n) is 12.5. The molecule has 0 saturated carbocycles. The van der Waals surface area contributed by atoms with Gasteiger partial charge in [-0.25, -0.2) is 13.2 Å². The first-order chi connectivity index (χ1) is 11.3. The number of esters is 1. The molecule has 0 atom stereocenters. The first-order valence-electron chi connectivity index (χ1n) is 6.63. The molecule has 0 fully saturated rings. The lowest BCUT2D eigenvalue weighted by atomic mass is 10.2. The third-order valence-electron chi connectivity index (χ3n) is 3.01. The van der Waals surface area contributed by atoms with Gasteiger partial charge in [-0.2, -0.15) is 0 Å². The number of amides is 1. The summed E-state index contributed by atoms with van der Waals surface area (Å²) in [5, 5.41) is 9.56.